The van der Waals surface area contributed by atoms with Crippen LogP contribution in [0.15, 0.2) is 0 Å². The zero-order chi connectivity index (χ0) is 13.1. The molecule has 4 N–H and O–H groups in total. The molecule has 0 saturated carbocycles. The Morgan fingerprint density at radius 1 is 1.50 bits per heavy atom. The number of carbonyl (C=O) groups is 1. The molecule has 0 atom stereocenters. The van der Waals surface area contributed by atoms with Crippen LogP contribution in [0.5, 0.6) is 0 Å². The van der Waals surface area contributed by atoms with Gasteiger partial charge in [0.1, 0.15) is 10.7 Å². The van der Waals surface area contributed by atoms with Crippen molar-refractivity contribution in [1.29, 1.82) is 0 Å². The van der Waals surface area contributed by atoms with Gasteiger partial charge in [0.25, 0.3) is 5.91 Å². The molecule has 2 heterocycles. The van der Waals surface area contributed by atoms with Crippen molar-refractivity contribution in [2.45, 2.75) is 18.9 Å². The van der Waals surface area contributed by atoms with E-state index in [1.165, 1.54) is 11.3 Å². The molecule has 0 bridgehead atoms. The lowest BCUT2D eigenvalue weighted by molar-refractivity contribution is 0.0934. The van der Waals surface area contributed by atoms with Gasteiger partial charge in [-0.25, -0.2) is 4.98 Å². The van der Waals surface area contributed by atoms with Crippen molar-refractivity contribution in [1.82, 2.24) is 15.6 Å². The first-order valence-electron chi connectivity index (χ1n) is 6.03. The maximum Gasteiger partial charge on any atom is 0.265 e. The molecule has 1 fully saturated rings. The van der Waals surface area contributed by atoms with Crippen LogP contribution in [0.4, 0.5) is 10.9 Å². The van der Waals surface area contributed by atoms with Crippen molar-refractivity contribution in [3.05, 3.63) is 4.88 Å². The minimum atomic E-state index is -0.106. The third-order valence-corrected chi connectivity index (χ3v) is 4.14. The number of nitrogens with one attached hydrogen (secondary N) is 2. The number of nitrogens with zero attached hydrogens (tertiary/aromatic N) is 2. The van der Waals surface area contributed by atoms with E-state index in [9.17, 15) is 4.79 Å². The number of thiazole rings is 1. The van der Waals surface area contributed by atoms with Crippen LogP contribution >= 0.6 is 11.3 Å². The van der Waals surface area contributed by atoms with E-state index in [1.807, 2.05) is 19.0 Å². The van der Waals surface area contributed by atoms with Gasteiger partial charge in [-0.05, 0) is 25.9 Å². The summed E-state index contributed by atoms with van der Waals surface area (Å²) in [4.78, 5) is 18.6. The van der Waals surface area contributed by atoms with Crippen LogP contribution in [0.3, 0.4) is 0 Å². The largest absolute Gasteiger partial charge is 0.382 e. The molecule has 6 nitrogen and oxygen atoms in total. The Bertz CT molecular complexity index is 425. The maximum atomic E-state index is 12.1. The molecule has 0 aromatic carbocycles. The Hall–Kier alpha value is -1.34. The van der Waals surface area contributed by atoms with E-state index in [0.29, 0.717) is 10.7 Å². The summed E-state index contributed by atoms with van der Waals surface area (Å²) >= 11 is 1.33. The Morgan fingerprint density at radius 3 is 2.72 bits per heavy atom. The van der Waals surface area contributed by atoms with Gasteiger partial charge in [-0.3, -0.25) is 4.79 Å². The molecule has 1 saturated heterocycles. The molecule has 0 aliphatic carbocycles. The smallest absolute Gasteiger partial charge is 0.265 e. The maximum absolute atomic E-state index is 12.1. The third-order valence-electron chi connectivity index (χ3n) is 2.91. The number of anilines is 2. The average Bonchev–Trinajstić information content (AvgIpc) is 2.73. The number of piperidine rings is 1. The number of hydrogen-bond donors (Lipinski definition) is 3. The van der Waals surface area contributed by atoms with Gasteiger partial charge in [0.05, 0.1) is 0 Å². The van der Waals surface area contributed by atoms with Gasteiger partial charge >= 0.3 is 0 Å². The molecule has 0 spiro atoms. The average molecular weight is 269 g/mol. The molecule has 0 radical (unpaired) electrons. The Kier molecular flexibility index (Phi) is 4.03. The highest BCUT2D eigenvalue weighted by molar-refractivity contribution is 7.18. The first-order valence-corrected chi connectivity index (χ1v) is 6.85. The molecular formula is C11H19N5OS. The quantitative estimate of drug-likeness (QED) is 0.734. The van der Waals surface area contributed by atoms with Gasteiger partial charge in [-0.2, -0.15) is 0 Å². The number of carbonyl (C=O) groups excluding carboxylic acids is 1. The van der Waals surface area contributed by atoms with Crippen molar-refractivity contribution in [3.63, 3.8) is 0 Å². The fourth-order valence-corrected chi connectivity index (χ4v) is 2.70. The standard InChI is InChI=1S/C11H19N5OS/c1-16(2)11-15-9(12)8(18-11)10(17)14-7-3-5-13-6-4-7/h7,13H,3-6,12H2,1-2H3,(H,14,17). The van der Waals surface area contributed by atoms with E-state index in [1.54, 1.807) is 0 Å². The van der Waals surface area contributed by atoms with E-state index in [-0.39, 0.29) is 11.9 Å². The number of nitrogen functional groups attached to an aromatic ring is 1. The Morgan fingerprint density at radius 2 is 2.17 bits per heavy atom. The molecule has 2 rings (SSSR count). The topological polar surface area (TPSA) is 83.3 Å². The highest BCUT2D eigenvalue weighted by Crippen LogP contribution is 2.26. The number of hydrogen-bond acceptors (Lipinski definition) is 6. The molecule has 1 aliphatic rings. The zero-order valence-electron chi connectivity index (χ0n) is 10.7. The summed E-state index contributed by atoms with van der Waals surface area (Å²) in [6.45, 7) is 1.90. The monoisotopic (exact) mass is 269 g/mol. The summed E-state index contributed by atoms with van der Waals surface area (Å²) in [5.74, 6) is 0.208. The molecule has 100 valence electrons. The van der Waals surface area contributed by atoms with Crippen LogP contribution in [0, 0.1) is 0 Å². The van der Waals surface area contributed by atoms with Crippen molar-refractivity contribution in [3.8, 4) is 0 Å². The number of nitrogens with two attached hydrogens (primary N) is 1. The number of rotatable bonds is 3. The lowest BCUT2D eigenvalue weighted by atomic mass is 10.1. The van der Waals surface area contributed by atoms with Gasteiger partial charge in [-0.15, -0.1) is 0 Å². The third kappa shape index (κ3) is 2.91. The molecule has 1 amide bonds. The molecule has 1 aromatic rings. The second kappa shape index (κ2) is 5.53. The highest BCUT2D eigenvalue weighted by Gasteiger charge is 2.21. The predicted molar refractivity (Wildman–Crippen MR) is 74.2 cm³/mol. The summed E-state index contributed by atoms with van der Waals surface area (Å²) in [6, 6.07) is 0.239. The summed E-state index contributed by atoms with van der Waals surface area (Å²) in [5, 5.41) is 7.04. The van der Waals surface area contributed by atoms with Crippen LogP contribution in [-0.2, 0) is 0 Å². The molecule has 1 aromatic heterocycles. The fraction of sp³-hybridized carbons (Fsp3) is 0.636. The van der Waals surface area contributed by atoms with E-state index >= 15 is 0 Å². The van der Waals surface area contributed by atoms with E-state index in [0.717, 1.165) is 31.1 Å². The van der Waals surface area contributed by atoms with Gasteiger partial charge < -0.3 is 21.3 Å². The second-order valence-electron chi connectivity index (χ2n) is 4.60. The summed E-state index contributed by atoms with van der Waals surface area (Å²) in [5.41, 5.74) is 5.78. The summed E-state index contributed by atoms with van der Waals surface area (Å²) < 4.78 is 0. The van der Waals surface area contributed by atoms with Crippen molar-refractivity contribution in [2.24, 2.45) is 0 Å². The van der Waals surface area contributed by atoms with E-state index in [2.05, 4.69) is 15.6 Å². The summed E-state index contributed by atoms with van der Waals surface area (Å²) in [6.07, 6.45) is 1.93. The van der Waals surface area contributed by atoms with Gasteiger partial charge in [0, 0.05) is 20.1 Å². The van der Waals surface area contributed by atoms with Crippen LogP contribution in [-0.4, -0.2) is 44.1 Å². The molecule has 0 unspecified atom stereocenters. The lowest BCUT2D eigenvalue weighted by Crippen LogP contribution is -2.42. The predicted octanol–water partition coefficient (Wildman–Crippen LogP) is 0.273. The minimum Gasteiger partial charge on any atom is -0.382 e. The number of aromatic nitrogens is 1. The molecule has 18 heavy (non-hydrogen) atoms. The van der Waals surface area contributed by atoms with Gasteiger partial charge in [0.15, 0.2) is 5.13 Å². The van der Waals surface area contributed by atoms with Crippen LogP contribution in [0.2, 0.25) is 0 Å². The first kappa shape index (κ1) is 13.1. The number of amides is 1. The normalized spacial score (nSPS) is 16.6. The first-order chi connectivity index (χ1) is 8.58. The second-order valence-corrected chi connectivity index (χ2v) is 5.58. The zero-order valence-corrected chi connectivity index (χ0v) is 11.5. The van der Waals surface area contributed by atoms with Crippen molar-refractivity contribution in [2.75, 3.05) is 37.8 Å². The SMILES string of the molecule is CN(C)c1nc(N)c(C(=O)NC2CCNCC2)s1. The van der Waals surface area contributed by atoms with Crippen LogP contribution in [0.25, 0.3) is 0 Å². The summed E-state index contributed by atoms with van der Waals surface area (Å²) in [7, 11) is 3.76. The Labute approximate surface area is 111 Å². The van der Waals surface area contributed by atoms with Gasteiger partial charge in [0.2, 0.25) is 0 Å². The molecular weight excluding hydrogens is 250 g/mol. The Balaban J connectivity index is 2.03. The fourth-order valence-electron chi connectivity index (χ4n) is 1.89. The van der Waals surface area contributed by atoms with Crippen molar-refractivity contribution < 1.29 is 4.79 Å². The highest BCUT2D eigenvalue weighted by atomic mass is 32.1. The van der Waals surface area contributed by atoms with Crippen molar-refractivity contribution >= 4 is 28.2 Å². The minimum absolute atomic E-state index is 0.106. The van der Waals surface area contributed by atoms with Gasteiger partial charge in [-0.1, -0.05) is 11.3 Å². The van der Waals surface area contributed by atoms with E-state index < -0.39 is 0 Å². The lowest BCUT2D eigenvalue weighted by Gasteiger charge is -2.23. The molecule has 7 heteroatoms. The van der Waals surface area contributed by atoms with Crippen LogP contribution < -0.4 is 21.3 Å². The molecule has 1 aliphatic heterocycles. The van der Waals surface area contributed by atoms with Crippen LogP contribution in [0.1, 0.15) is 22.5 Å². The van der Waals surface area contributed by atoms with E-state index in [4.69, 9.17) is 5.73 Å².